The number of nitrogens with two attached hydrogens (primary N) is 2. The quantitative estimate of drug-likeness (QED) is 0.398. The van der Waals surface area contributed by atoms with Gasteiger partial charge in [0, 0.05) is 0 Å². The number of halogens is 1. The second-order valence-corrected chi connectivity index (χ2v) is 3.18. The molecule has 5 N–H and O–H groups in total. The number of rotatable bonds is 3. The van der Waals surface area contributed by atoms with E-state index in [0.29, 0.717) is 6.42 Å². The topological polar surface area (TPSA) is 91.5 Å². The molecular formula is C10H14FN5. The zero-order valence-electron chi connectivity index (χ0n) is 8.73. The molecule has 0 heterocycles. The minimum atomic E-state index is -0.587. The largest absolute Gasteiger partial charge is 0.370 e. The van der Waals surface area contributed by atoms with Crippen molar-refractivity contribution in [1.29, 1.82) is 5.41 Å². The van der Waals surface area contributed by atoms with Crippen LogP contribution in [-0.2, 0) is 6.42 Å². The van der Waals surface area contributed by atoms with Crippen molar-refractivity contribution in [2.45, 2.75) is 6.42 Å². The van der Waals surface area contributed by atoms with Gasteiger partial charge < -0.3 is 11.5 Å². The van der Waals surface area contributed by atoms with E-state index in [0.717, 1.165) is 5.56 Å². The van der Waals surface area contributed by atoms with Crippen molar-refractivity contribution < 1.29 is 4.48 Å². The zero-order valence-corrected chi connectivity index (χ0v) is 8.73. The van der Waals surface area contributed by atoms with E-state index in [1.807, 2.05) is 30.3 Å². The lowest BCUT2D eigenvalue weighted by Crippen LogP contribution is -2.29. The Hall–Kier alpha value is -2.11. The predicted octanol–water partition coefficient (Wildman–Crippen LogP) is 0.624. The van der Waals surface area contributed by atoms with Gasteiger partial charge >= 0.3 is 0 Å². The summed E-state index contributed by atoms with van der Waals surface area (Å²) in [4.78, 5) is 3.30. The predicted molar refractivity (Wildman–Crippen MR) is 61.5 cm³/mol. The minimum Gasteiger partial charge on any atom is -0.370 e. The lowest BCUT2D eigenvalue weighted by atomic mass is 10.1. The van der Waals surface area contributed by atoms with Crippen molar-refractivity contribution in [3.63, 3.8) is 0 Å². The molecule has 0 bridgehead atoms. The first-order valence-corrected chi connectivity index (χ1v) is 4.75. The molecule has 1 rings (SSSR count). The van der Waals surface area contributed by atoms with Crippen LogP contribution in [0.25, 0.3) is 0 Å². The summed E-state index contributed by atoms with van der Waals surface area (Å²) in [5.41, 5.74) is 11.1. The average molecular weight is 223 g/mol. The number of hydrogen-bond acceptors (Lipinski definition) is 1. The van der Waals surface area contributed by atoms with Crippen LogP contribution in [0.5, 0.6) is 0 Å². The van der Waals surface area contributed by atoms with Crippen LogP contribution in [0.15, 0.2) is 35.3 Å². The molecule has 0 aliphatic rings. The van der Waals surface area contributed by atoms with E-state index in [1.54, 1.807) is 0 Å². The summed E-state index contributed by atoms with van der Waals surface area (Å²) in [5, 5.41) is 7.40. The maximum Gasteiger partial charge on any atom is 0.249 e. The fourth-order valence-electron chi connectivity index (χ4n) is 1.15. The van der Waals surface area contributed by atoms with Crippen LogP contribution in [0.2, 0.25) is 0 Å². The van der Waals surface area contributed by atoms with Gasteiger partial charge in [0.05, 0.1) is 6.54 Å². The molecule has 0 unspecified atom stereocenters. The summed E-state index contributed by atoms with van der Waals surface area (Å²) in [6.45, 7) is 0.0413. The molecule has 0 aliphatic heterocycles. The summed E-state index contributed by atoms with van der Waals surface area (Å²) in [7, 11) is 0. The standard InChI is InChI=1S/C10H14FN5/c11-16(10(14)15-9(12)13)7-6-8-4-2-1-3-5-8/h1-5H,6-7H2,(H5,12,13,14,15). The fraction of sp³-hybridized carbons (Fsp3) is 0.200. The van der Waals surface area contributed by atoms with E-state index in [2.05, 4.69) is 4.99 Å². The first-order valence-electron chi connectivity index (χ1n) is 4.75. The fourth-order valence-corrected chi connectivity index (χ4v) is 1.15. The van der Waals surface area contributed by atoms with E-state index < -0.39 is 5.96 Å². The van der Waals surface area contributed by atoms with Crippen molar-refractivity contribution in [3.05, 3.63) is 35.9 Å². The average Bonchev–Trinajstić information content (AvgIpc) is 2.26. The second kappa shape index (κ2) is 5.69. The Morgan fingerprint density at radius 3 is 2.50 bits per heavy atom. The molecule has 0 spiro atoms. The van der Waals surface area contributed by atoms with Gasteiger partial charge in [0.15, 0.2) is 5.96 Å². The van der Waals surface area contributed by atoms with E-state index in [1.165, 1.54) is 0 Å². The van der Waals surface area contributed by atoms with Gasteiger partial charge in [-0.1, -0.05) is 34.8 Å². The Balaban J connectivity index is 2.44. The molecule has 0 aromatic heterocycles. The van der Waals surface area contributed by atoms with Crippen molar-refractivity contribution >= 4 is 11.9 Å². The Morgan fingerprint density at radius 2 is 1.94 bits per heavy atom. The maximum atomic E-state index is 13.2. The van der Waals surface area contributed by atoms with E-state index in [-0.39, 0.29) is 17.6 Å². The number of guanidine groups is 2. The summed E-state index contributed by atoms with van der Waals surface area (Å²) < 4.78 is 13.2. The van der Waals surface area contributed by atoms with Gasteiger partial charge in [-0.15, -0.1) is 0 Å². The van der Waals surface area contributed by atoms with Crippen LogP contribution in [0.4, 0.5) is 4.48 Å². The van der Waals surface area contributed by atoms with Crippen molar-refractivity contribution in [1.82, 2.24) is 5.12 Å². The van der Waals surface area contributed by atoms with Crippen LogP contribution < -0.4 is 11.5 Å². The van der Waals surface area contributed by atoms with Crippen LogP contribution >= 0.6 is 0 Å². The van der Waals surface area contributed by atoms with Crippen molar-refractivity contribution in [2.24, 2.45) is 16.5 Å². The summed E-state index contributed by atoms with van der Waals surface area (Å²) in [6.07, 6.45) is 0.486. The molecule has 0 aliphatic carbocycles. The van der Waals surface area contributed by atoms with Crippen molar-refractivity contribution in [2.75, 3.05) is 6.54 Å². The third-order valence-electron chi connectivity index (χ3n) is 1.90. The molecule has 16 heavy (non-hydrogen) atoms. The molecule has 1 aromatic carbocycles. The SMILES string of the molecule is N=C(N=C(N)N)N(F)CCc1ccccc1. The summed E-state index contributed by atoms with van der Waals surface area (Å²) in [5.74, 6) is -0.914. The van der Waals surface area contributed by atoms with Crippen LogP contribution in [-0.4, -0.2) is 23.6 Å². The van der Waals surface area contributed by atoms with E-state index in [9.17, 15) is 4.48 Å². The van der Waals surface area contributed by atoms with Gasteiger partial charge in [0.1, 0.15) is 0 Å². The molecule has 1 aromatic rings. The van der Waals surface area contributed by atoms with Gasteiger partial charge in [-0.2, -0.15) is 10.1 Å². The monoisotopic (exact) mass is 223 g/mol. The smallest absolute Gasteiger partial charge is 0.249 e. The van der Waals surface area contributed by atoms with E-state index >= 15 is 0 Å². The van der Waals surface area contributed by atoms with Gasteiger partial charge in [0.25, 0.3) is 0 Å². The number of aliphatic imine (C=N–C) groups is 1. The summed E-state index contributed by atoms with van der Waals surface area (Å²) in [6, 6.07) is 9.41. The normalized spacial score (nSPS) is 9.56. The second-order valence-electron chi connectivity index (χ2n) is 3.18. The van der Waals surface area contributed by atoms with E-state index in [4.69, 9.17) is 16.9 Å². The lowest BCUT2D eigenvalue weighted by Gasteiger charge is -2.11. The lowest BCUT2D eigenvalue weighted by molar-refractivity contribution is 0.119. The number of hydrogen-bond donors (Lipinski definition) is 3. The zero-order chi connectivity index (χ0) is 12.0. The Labute approximate surface area is 93.0 Å². The molecule has 0 atom stereocenters. The Morgan fingerprint density at radius 1 is 1.31 bits per heavy atom. The highest BCUT2D eigenvalue weighted by Crippen LogP contribution is 2.02. The van der Waals surface area contributed by atoms with Gasteiger partial charge in [-0.3, -0.25) is 5.41 Å². The van der Waals surface area contributed by atoms with Gasteiger partial charge in [-0.25, -0.2) is 0 Å². The van der Waals surface area contributed by atoms with Gasteiger partial charge in [0.2, 0.25) is 5.96 Å². The third kappa shape index (κ3) is 3.95. The molecule has 86 valence electrons. The van der Waals surface area contributed by atoms with Crippen LogP contribution in [0, 0.1) is 5.41 Å². The molecule has 0 radical (unpaired) electrons. The van der Waals surface area contributed by atoms with Crippen LogP contribution in [0.1, 0.15) is 5.56 Å². The Bertz CT molecular complexity index is 372. The molecular weight excluding hydrogens is 209 g/mol. The number of nitrogens with one attached hydrogen (secondary N) is 1. The van der Waals surface area contributed by atoms with Gasteiger partial charge in [-0.05, 0) is 12.0 Å². The molecule has 5 nitrogen and oxygen atoms in total. The Kier molecular flexibility index (Phi) is 4.26. The van der Waals surface area contributed by atoms with Crippen molar-refractivity contribution in [3.8, 4) is 0 Å². The minimum absolute atomic E-state index is 0.0413. The summed E-state index contributed by atoms with van der Waals surface area (Å²) >= 11 is 0. The van der Waals surface area contributed by atoms with Crippen LogP contribution in [0.3, 0.4) is 0 Å². The highest BCUT2D eigenvalue weighted by Gasteiger charge is 2.07. The maximum absolute atomic E-state index is 13.2. The number of nitrogens with zero attached hydrogens (tertiary/aromatic N) is 2. The highest BCUT2D eigenvalue weighted by atomic mass is 19.2. The molecule has 6 heteroatoms. The molecule has 0 saturated heterocycles. The number of benzene rings is 1. The molecule has 0 amide bonds. The first kappa shape index (κ1) is 12.0. The molecule has 0 fully saturated rings. The molecule has 0 saturated carbocycles. The highest BCUT2D eigenvalue weighted by molar-refractivity contribution is 5.91. The first-order chi connectivity index (χ1) is 7.59. The third-order valence-corrected chi connectivity index (χ3v) is 1.90.